The van der Waals surface area contributed by atoms with Gasteiger partial charge in [0.1, 0.15) is 18.2 Å². The fourth-order valence-corrected chi connectivity index (χ4v) is 2.54. The Labute approximate surface area is 127 Å². The fraction of sp³-hybridized carbons (Fsp3) is 0.357. The maximum atomic E-state index is 10.6. The molecule has 112 valence electrons. The molecule has 0 fully saturated rings. The Kier molecular flexibility index (Phi) is 5.21. The van der Waals surface area contributed by atoms with Crippen LogP contribution in [0.2, 0.25) is 0 Å². The molecule has 0 radical (unpaired) electrons. The lowest BCUT2D eigenvalue weighted by atomic mass is 10.2. The Morgan fingerprint density at radius 1 is 1.38 bits per heavy atom. The first-order chi connectivity index (χ1) is 10.1. The maximum Gasteiger partial charge on any atom is 0.313 e. The number of carbonyl (C=O) groups is 1. The minimum Gasteiger partial charge on any atom is -0.492 e. The molecule has 0 saturated heterocycles. The molecule has 1 N–H and O–H groups in total. The van der Waals surface area contributed by atoms with Gasteiger partial charge in [-0.1, -0.05) is 23.9 Å². The van der Waals surface area contributed by atoms with E-state index in [2.05, 4.69) is 10.2 Å². The fourth-order valence-electron chi connectivity index (χ4n) is 1.81. The zero-order valence-electron chi connectivity index (χ0n) is 11.9. The molecule has 0 unspecified atom stereocenters. The second-order valence-electron chi connectivity index (χ2n) is 4.53. The number of hydrogen-bond acceptors (Lipinski definition) is 5. The highest BCUT2D eigenvalue weighted by Gasteiger charge is 2.11. The molecule has 1 aromatic carbocycles. The van der Waals surface area contributed by atoms with Crippen molar-refractivity contribution in [1.82, 2.24) is 14.8 Å². The Morgan fingerprint density at radius 2 is 2.19 bits per heavy atom. The van der Waals surface area contributed by atoms with E-state index in [1.54, 1.807) is 0 Å². The van der Waals surface area contributed by atoms with Crippen molar-refractivity contribution in [3.8, 4) is 5.75 Å². The van der Waals surface area contributed by atoms with Crippen LogP contribution in [0, 0.1) is 13.8 Å². The molecule has 0 amide bonds. The van der Waals surface area contributed by atoms with Crippen molar-refractivity contribution in [2.45, 2.75) is 25.5 Å². The predicted molar refractivity (Wildman–Crippen MR) is 79.8 cm³/mol. The van der Waals surface area contributed by atoms with Gasteiger partial charge >= 0.3 is 5.97 Å². The number of rotatable bonds is 7. The summed E-state index contributed by atoms with van der Waals surface area (Å²) in [6, 6.07) is 7.84. The topological polar surface area (TPSA) is 77.2 Å². The van der Waals surface area contributed by atoms with Crippen molar-refractivity contribution in [2.24, 2.45) is 0 Å². The van der Waals surface area contributed by atoms with Crippen LogP contribution in [0.4, 0.5) is 0 Å². The Hall–Kier alpha value is -2.02. The molecule has 6 nitrogen and oxygen atoms in total. The van der Waals surface area contributed by atoms with E-state index in [4.69, 9.17) is 9.84 Å². The molecule has 0 aliphatic heterocycles. The zero-order valence-corrected chi connectivity index (χ0v) is 12.8. The molecule has 2 aromatic rings. The van der Waals surface area contributed by atoms with Gasteiger partial charge in [-0.3, -0.25) is 4.79 Å². The van der Waals surface area contributed by atoms with Crippen LogP contribution in [0.5, 0.6) is 5.75 Å². The first kappa shape index (κ1) is 15.4. The number of nitrogens with zero attached hydrogens (tertiary/aromatic N) is 3. The van der Waals surface area contributed by atoms with Gasteiger partial charge in [0.2, 0.25) is 0 Å². The summed E-state index contributed by atoms with van der Waals surface area (Å²) in [6.07, 6.45) is 0. The SMILES string of the molecule is Cc1cccc(OCCn2c(C)nnc2SCC(=O)O)c1. The summed E-state index contributed by atoms with van der Waals surface area (Å²) in [5, 5.41) is 17.3. The second-order valence-corrected chi connectivity index (χ2v) is 5.47. The Bertz CT molecular complexity index is 628. The molecule has 0 aliphatic carbocycles. The summed E-state index contributed by atoms with van der Waals surface area (Å²) in [5.74, 6) is 0.663. The molecule has 21 heavy (non-hydrogen) atoms. The Balaban J connectivity index is 1.93. The molecule has 1 aromatic heterocycles. The zero-order chi connectivity index (χ0) is 15.2. The van der Waals surface area contributed by atoms with Crippen LogP contribution in [-0.2, 0) is 11.3 Å². The number of aromatic nitrogens is 3. The standard InChI is InChI=1S/C14H17N3O3S/c1-10-4-3-5-12(8-10)20-7-6-17-11(2)15-16-14(17)21-9-13(18)19/h3-5,8H,6-7,9H2,1-2H3,(H,18,19). The van der Waals surface area contributed by atoms with Crippen LogP contribution in [0.25, 0.3) is 0 Å². The highest BCUT2D eigenvalue weighted by atomic mass is 32.2. The van der Waals surface area contributed by atoms with Gasteiger partial charge in [-0.2, -0.15) is 0 Å². The van der Waals surface area contributed by atoms with Gasteiger partial charge in [0, 0.05) is 0 Å². The summed E-state index contributed by atoms with van der Waals surface area (Å²) >= 11 is 1.16. The van der Waals surface area contributed by atoms with Crippen LogP contribution >= 0.6 is 11.8 Å². The third-order valence-corrected chi connectivity index (χ3v) is 3.75. The number of thioether (sulfide) groups is 1. The Morgan fingerprint density at radius 3 is 2.90 bits per heavy atom. The van der Waals surface area contributed by atoms with E-state index >= 15 is 0 Å². The van der Waals surface area contributed by atoms with E-state index in [1.165, 1.54) is 0 Å². The summed E-state index contributed by atoms with van der Waals surface area (Å²) < 4.78 is 7.56. The second kappa shape index (κ2) is 7.12. The molecule has 2 rings (SSSR count). The van der Waals surface area contributed by atoms with E-state index in [0.29, 0.717) is 18.3 Å². The number of aliphatic carboxylic acids is 1. The van der Waals surface area contributed by atoms with Crippen LogP contribution in [0.3, 0.4) is 0 Å². The van der Waals surface area contributed by atoms with Crippen molar-refractivity contribution in [2.75, 3.05) is 12.4 Å². The monoisotopic (exact) mass is 307 g/mol. The van der Waals surface area contributed by atoms with Gasteiger partial charge < -0.3 is 14.4 Å². The minimum atomic E-state index is -0.872. The predicted octanol–water partition coefficient (Wildman–Crippen LogP) is 2.15. The summed E-state index contributed by atoms with van der Waals surface area (Å²) in [5.41, 5.74) is 1.14. The number of ether oxygens (including phenoxy) is 1. The largest absolute Gasteiger partial charge is 0.492 e. The van der Waals surface area contributed by atoms with Gasteiger partial charge in [-0.25, -0.2) is 0 Å². The van der Waals surface area contributed by atoms with E-state index in [9.17, 15) is 4.79 Å². The lowest BCUT2D eigenvalue weighted by Crippen LogP contribution is -2.11. The normalized spacial score (nSPS) is 10.6. The van der Waals surface area contributed by atoms with E-state index in [1.807, 2.05) is 42.7 Å². The average Bonchev–Trinajstić information content (AvgIpc) is 2.78. The smallest absolute Gasteiger partial charge is 0.313 e. The quantitative estimate of drug-likeness (QED) is 0.790. The van der Waals surface area contributed by atoms with E-state index in [-0.39, 0.29) is 5.75 Å². The summed E-state index contributed by atoms with van der Waals surface area (Å²) in [7, 11) is 0. The van der Waals surface area contributed by atoms with Crippen molar-refractivity contribution in [3.05, 3.63) is 35.7 Å². The molecule has 0 aliphatic rings. The molecular formula is C14H17N3O3S. The van der Waals surface area contributed by atoms with E-state index < -0.39 is 5.97 Å². The summed E-state index contributed by atoms with van der Waals surface area (Å²) in [6.45, 7) is 4.90. The van der Waals surface area contributed by atoms with E-state index in [0.717, 1.165) is 28.9 Å². The highest BCUT2D eigenvalue weighted by molar-refractivity contribution is 7.99. The third kappa shape index (κ3) is 4.49. The first-order valence-corrected chi connectivity index (χ1v) is 7.48. The van der Waals surface area contributed by atoms with Gasteiger partial charge in [0.05, 0.1) is 12.3 Å². The molecule has 0 spiro atoms. The summed E-state index contributed by atoms with van der Waals surface area (Å²) in [4.78, 5) is 10.6. The van der Waals surface area contributed by atoms with Crippen LogP contribution < -0.4 is 4.74 Å². The van der Waals surface area contributed by atoms with Gasteiger partial charge in [0.25, 0.3) is 0 Å². The molecule has 0 saturated carbocycles. The molecule has 1 heterocycles. The van der Waals surface area contributed by atoms with Gasteiger partial charge in [-0.05, 0) is 31.5 Å². The number of hydrogen-bond donors (Lipinski definition) is 1. The number of aryl methyl sites for hydroxylation is 2. The lowest BCUT2D eigenvalue weighted by molar-refractivity contribution is -0.133. The first-order valence-electron chi connectivity index (χ1n) is 6.50. The average molecular weight is 307 g/mol. The number of carboxylic acids is 1. The highest BCUT2D eigenvalue weighted by Crippen LogP contribution is 2.17. The lowest BCUT2D eigenvalue weighted by Gasteiger charge is -2.10. The van der Waals surface area contributed by atoms with Crippen LogP contribution in [-0.4, -0.2) is 38.2 Å². The third-order valence-electron chi connectivity index (χ3n) is 2.80. The van der Waals surface area contributed by atoms with Crippen molar-refractivity contribution < 1.29 is 14.6 Å². The van der Waals surface area contributed by atoms with Gasteiger partial charge in [-0.15, -0.1) is 10.2 Å². The number of benzene rings is 1. The molecule has 7 heteroatoms. The van der Waals surface area contributed by atoms with Crippen LogP contribution in [0.1, 0.15) is 11.4 Å². The van der Waals surface area contributed by atoms with Crippen molar-refractivity contribution in [1.29, 1.82) is 0 Å². The van der Waals surface area contributed by atoms with Crippen LogP contribution in [0.15, 0.2) is 29.4 Å². The van der Waals surface area contributed by atoms with Crippen molar-refractivity contribution in [3.63, 3.8) is 0 Å². The van der Waals surface area contributed by atoms with Crippen molar-refractivity contribution >= 4 is 17.7 Å². The molecular weight excluding hydrogens is 290 g/mol. The maximum absolute atomic E-state index is 10.6. The molecule has 0 atom stereocenters. The molecule has 0 bridgehead atoms. The number of carboxylic acid groups (broad SMARTS) is 1. The minimum absolute atomic E-state index is 0.0309. The van der Waals surface area contributed by atoms with Gasteiger partial charge in [0.15, 0.2) is 5.16 Å².